The summed E-state index contributed by atoms with van der Waals surface area (Å²) in [7, 11) is 0. The van der Waals surface area contributed by atoms with Gasteiger partial charge in [0.25, 0.3) is 5.91 Å². The molecule has 7 nitrogen and oxygen atoms in total. The number of hydrogen-bond acceptors (Lipinski definition) is 5. The van der Waals surface area contributed by atoms with E-state index < -0.39 is 5.54 Å². The van der Waals surface area contributed by atoms with Gasteiger partial charge in [-0.25, -0.2) is 0 Å². The molecule has 2 aliphatic heterocycles. The third-order valence-corrected chi connectivity index (χ3v) is 8.77. The monoisotopic (exact) mass is 603 g/mol. The summed E-state index contributed by atoms with van der Waals surface area (Å²) >= 11 is 0. The number of nitrogens with zero attached hydrogens (tertiary/aromatic N) is 1. The first-order valence-electron chi connectivity index (χ1n) is 15.6. The Hall–Kier alpha value is -5.79. The van der Waals surface area contributed by atoms with Crippen molar-refractivity contribution in [3.63, 3.8) is 0 Å². The van der Waals surface area contributed by atoms with E-state index in [9.17, 15) is 4.79 Å². The maximum atomic E-state index is 14.4. The van der Waals surface area contributed by atoms with Crippen molar-refractivity contribution < 1.29 is 9.53 Å². The van der Waals surface area contributed by atoms with Gasteiger partial charge in [0.1, 0.15) is 17.0 Å². The minimum atomic E-state index is -0.874. The molecule has 46 heavy (non-hydrogen) atoms. The number of H-pyrrole nitrogens is 1. The van der Waals surface area contributed by atoms with Crippen LogP contribution in [-0.4, -0.2) is 28.9 Å². The number of amides is 1. The lowest BCUT2D eigenvalue weighted by atomic mass is 9.74. The molecule has 4 N–H and O–H groups in total. The van der Waals surface area contributed by atoms with Crippen molar-refractivity contribution in [2.75, 3.05) is 23.7 Å². The minimum Gasteiger partial charge on any atom is -0.456 e. The smallest absolute Gasteiger partial charge is 0.255 e. The molecule has 0 saturated heterocycles. The number of anilines is 4. The molecular formula is C39H33N5O2. The topological polar surface area (TPSA) is 81.4 Å². The quantitative estimate of drug-likeness (QED) is 0.125. The third kappa shape index (κ3) is 4.78. The van der Waals surface area contributed by atoms with E-state index in [0.29, 0.717) is 36.7 Å². The molecular weight excluding hydrogens is 570 g/mol. The lowest BCUT2D eigenvalue weighted by molar-refractivity contribution is 0.0667. The van der Waals surface area contributed by atoms with Gasteiger partial charge >= 0.3 is 0 Å². The minimum absolute atomic E-state index is 0.00838. The first-order chi connectivity index (χ1) is 22.7. The van der Waals surface area contributed by atoms with Crippen LogP contribution < -0.4 is 20.7 Å². The zero-order valence-electron chi connectivity index (χ0n) is 25.2. The van der Waals surface area contributed by atoms with Crippen molar-refractivity contribution in [1.82, 2.24) is 15.2 Å². The van der Waals surface area contributed by atoms with Crippen LogP contribution in [0.4, 0.5) is 22.7 Å². The summed E-state index contributed by atoms with van der Waals surface area (Å²) in [6, 6.07) is 44.6. The van der Waals surface area contributed by atoms with Crippen LogP contribution in [0.2, 0.25) is 0 Å². The molecule has 2 aliphatic rings. The van der Waals surface area contributed by atoms with Crippen molar-refractivity contribution in [2.24, 2.45) is 0 Å². The predicted molar refractivity (Wildman–Crippen MR) is 182 cm³/mol. The molecule has 1 aromatic heterocycles. The van der Waals surface area contributed by atoms with E-state index in [1.807, 2.05) is 108 Å². The number of benzene rings is 5. The Balaban J connectivity index is 1.25. The third-order valence-electron chi connectivity index (χ3n) is 8.77. The Morgan fingerprint density at radius 3 is 1.85 bits per heavy atom. The zero-order valence-corrected chi connectivity index (χ0v) is 25.2. The van der Waals surface area contributed by atoms with Crippen LogP contribution in [0.5, 0.6) is 11.5 Å². The molecule has 0 aliphatic carbocycles. The van der Waals surface area contributed by atoms with Crippen molar-refractivity contribution in [2.45, 2.75) is 12.1 Å². The van der Waals surface area contributed by atoms with Gasteiger partial charge in [0, 0.05) is 83.1 Å². The van der Waals surface area contributed by atoms with Gasteiger partial charge in [-0.1, -0.05) is 66.7 Å². The highest BCUT2D eigenvalue weighted by Gasteiger charge is 2.56. The van der Waals surface area contributed by atoms with Crippen molar-refractivity contribution in [1.29, 1.82) is 0 Å². The number of para-hydroxylation sites is 2. The summed E-state index contributed by atoms with van der Waals surface area (Å²) in [6.45, 7) is 1.81. The molecule has 3 heterocycles. The Morgan fingerprint density at radius 1 is 0.630 bits per heavy atom. The fourth-order valence-electron chi connectivity index (χ4n) is 6.78. The predicted octanol–water partition coefficient (Wildman–Crippen LogP) is 8.15. The highest BCUT2D eigenvalue weighted by Crippen LogP contribution is 2.58. The first kappa shape index (κ1) is 27.7. The Kier molecular flexibility index (Phi) is 7.00. The van der Waals surface area contributed by atoms with Crippen LogP contribution in [-0.2, 0) is 12.1 Å². The van der Waals surface area contributed by atoms with E-state index in [4.69, 9.17) is 4.74 Å². The number of aromatic nitrogens is 1. The Morgan fingerprint density at radius 2 is 1.24 bits per heavy atom. The molecule has 0 atom stereocenters. The summed E-state index contributed by atoms with van der Waals surface area (Å²) in [4.78, 5) is 19.6. The second kappa shape index (κ2) is 11.6. The van der Waals surface area contributed by atoms with Crippen molar-refractivity contribution in [3.8, 4) is 11.5 Å². The molecule has 1 amide bonds. The maximum Gasteiger partial charge on any atom is 0.255 e. The molecule has 226 valence electrons. The number of aromatic amines is 1. The van der Waals surface area contributed by atoms with Crippen LogP contribution in [0.25, 0.3) is 0 Å². The van der Waals surface area contributed by atoms with Crippen LogP contribution in [0.3, 0.4) is 0 Å². The van der Waals surface area contributed by atoms with E-state index in [1.54, 1.807) is 0 Å². The number of nitrogens with one attached hydrogen (secondary N) is 4. The summed E-state index contributed by atoms with van der Waals surface area (Å²) in [5, 5.41) is 10.5. The lowest BCUT2D eigenvalue weighted by Gasteiger charge is -2.44. The van der Waals surface area contributed by atoms with E-state index in [0.717, 1.165) is 45.1 Å². The van der Waals surface area contributed by atoms with Crippen molar-refractivity contribution in [3.05, 3.63) is 168 Å². The number of ether oxygens (including phenoxy) is 1. The molecule has 0 radical (unpaired) electrons. The van der Waals surface area contributed by atoms with Crippen molar-refractivity contribution >= 4 is 28.7 Å². The number of fused-ring (bicyclic) bond motifs is 6. The largest absolute Gasteiger partial charge is 0.456 e. The molecule has 1 spiro atoms. The highest BCUT2D eigenvalue weighted by molar-refractivity contribution is 6.02. The standard InChI is InChI=1S/C39H33N5O2/c45-38-32-15-7-8-16-33(32)39(44(38)23-22-40-26-31-14-9-21-41-31)34-19-17-29(42-27-10-3-1-4-11-27)24-36(34)46-37-25-30(18-20-35(37)39)43-28-12-5-2-6-13-28/h1-21,24-25,40-43H,22-23,26H2. The van der Waals surface area contributed by atoms with Gasteiger partial charge in [-0.15, -0.1) is 0 Å². The summed E-state index contributed by atoms with van der Waals surface area (Å²) in [6.07, 6.45) is 1.92. The molecule has 6 aromatic rings. The number of hydrogen-bond donors (Lipinski definition) is 4. The van der Waals surface area contributed by atoms with E-state index in [-0.39, 0.29) is 5.91 Å². The molecule has 7 heteroatoms. The first-order valence-corrected chi connectivity index (χ1v) is 15.6. The average molecular weight is 604 g/mol. The van der Waals surface area contributed by atoms with Crippen LogP contribution in [0, 0.1) is 0 Å². The highest BCUT2D eigenvalue weighted by atomic mass is 16.5. The van der Waals surface area contributed by atoms with E-state index >= 15 is 0 Å². The number of carbonyl (C=O) groups is 1. The fraction of sp³-hybridized carbons (Fsp3) is 0.103. The average Bonchev–Trinajstić information content (AvgIpc) is 3.69. The van der Waals surface area contributed by atoms with Gasteiger partial charge in [0.05, 0.1) is 0 Å². The molecule has 8 rings (SSSR count). The molecule has 5 aromatic carbocycles. The van der Waals surface area contributed by atoms with Gasteiger partial charge in [-0.05, 0) is 60.2 Å². The van der Waals surface area contributed by atoms with E-state index in [2.05, 4.69) is 57.3 Å². The normalized spacial score (nSPS) is 13.9. The van der Waals surface area contributed by atoms with Gasteiger partial charge < -0.3 is 30.6 Å². The number of carbonyl (C=O) groups excluding carboxylic acids is 1. The second-order valence-corrected chi connectivity index (χ2v) is 11.6. The summed E-state index contributed by atoms with van der Waals surface area (Å²) in [5.74, 6) is 1.42. The SMILES string of the molecule is O=C1c2ccccc2C2(c3ccc(Nc4ccccc4)cc3Oc3cc(Nc4ccccc4)ccc32)N1CCNCc1ccc[nH]1. The second-order valence-electron chi connectivity index (χ2n) is 11.6. The molecule has 0 bridgehead atoms. The molecule has 0 unspecified atom stereocenters. The molecule has 0 saturated carbocycles. The van der Waals surface area contributed by atoms with Gasteiger partial charge in [-0.2, -0.15) is 0 Å². The van der Waals surface area contributed by atoms with E-state index in [1.165, 1.54) is 0 Å². The van der Waals surface area contributed by atoms with Crippen LogP contribution >= 0.6 is 0 Å². The summed E-state index contributed by atoms with van der Waals surface area (Å²) in [5.41, 5.74) is 7.54. The lowest BCUT2D eigenvalue weighted by Crippen LogP contribution is -2.49. The van der Waals surface area contributed by atoms with Gasteiger partial charge in [0.15, 0.2) is 0 Å². The Labute approximate surface area is 267 Å². The number of rotatable bonds is 9. The summed E-state index contributed by atoms with van der Waals surface area (Å²) < 4.78 is 6.76. The zero-order chi connectivity index (χ0) is 30.9. The maximum absolute atomic E-state index is 14.4. The van der Waals surface area contributed by atoms with Crippen LogP contribution in [0.15, 0.2) is 140 Å². The Bertz CT molecular complexity index is 1920. The van der Waals surface area contributed by atoms with Gasteiger partial charge in [-0.3, -0.25) is 4.79 Å². The van der Waals surface area contributed by atoms with Gasteiger partial charge in [0.2, 0.25) is 0 Å². The fourth-order valence-corrected chi connectivity index (χ4v) is 6.78. The van der Waals surface area contributed by atoms with Crippen LogP contribution in [0.1, 0.15) is 32.7 Å². The molecule has 0 fully saturated rings.